The van der Waals surface area contributed by atoms with Crippen LogP contribution in [0.2, 0.25) is 0 Å². The van der Waals surface area contributed by atoms with Crippen LogP contribution in [0.15, 0.2) is 24.3 Å². The monoisotopic (exact) mass is 468 g/mol. The summed E-state index contributed by atoms with van der Waals surface area (Å²) in [5.41, 5.74) is 1.43. The highest BCUT2D eigenvalue weighted by Gasteiger charge is 2.38. The molecule has 0 saturated carbocycles. The third-order valence-corrected chi connectivity index (χ3v) is 6.37. The van der Waals surface area contributed by atoms with Gasteiger partial charge in [-0.05, 0) is 71.9 Å². The van der Waals surface area contributed by atoms with Crippen LogP contribution >= 0.6 is 0 Å². The summed E-state index contributed by atoms with van der Waals surface area (Å²) in [5.74, 6) is 1.84. The Bertz CT molecular complexity index is 1010. The number of piperidine rings is 2. The second-order valence-electron chi connectivity index (χ2n) is 10.3. The average Bonchev–Trinajstić information content (AvgIpc) is 3.22. The lowest BCUT2D eigenvalue weighted by molar-refractivity contribution is -0.139. The molecule has 0 bridgehead atoms. The minimum absolute atomic E-state index is 0.0429. The second-order valence-corrected chi connectivity index (χ2v) is 10.3. The summed E-state index contributed by atoms with van der Waals surface area (Å²) in [5, 5.41) is 10.4. The normalized spacial score (nSPS) is 19.7. The summed E-state index contributed by atoms with van der Waals surface area (Å²) >= 11 is 0. The quantitative estimate of drug-likeness (QED) is 0.691. The lowest BCUT2D eigenvalue weighted by Gasteiger charge is -2.40. The number of hydrogen-bond donors (Lipinski definition) is 2. The van der Waals surface area contributed by atoms with E-state index in [4.69, 9.17) is 9.72 Å². The van der Waals surface area contributed by atoms with E-state index in [-0.39, 0.29) is 12.0 Å². The molecule has 2 amide bonds. The molecule has 34 heavy (non-hydrogen) atoms. The van der Waals surface area contributed by atoms with Crippen molar-refractivity contribution in [3.8, 4) is 0 Å². The first-order chi connectivity index (χ1) is 16.2. The number of aryl methyl sites for hydroxylation is 1. The fourth-order valence-corrected chi connectivity index (χ4v) is 4.70. The van der Waals surface area contributed by atoms with E-state index in [1.165, 1.54) is 0 Å². The zero-order chi connectivity index (χ0) is 24.3. The van der Waals surface area contributed by atoms with E-state index in [0.717, 1.165) is 48.7 Å². The molecule has 9 nitrogen and oxygen atoms in total. The summed E-state index contributed by atoms with van der Waals surface area (Å²) in [4.78, 5) is 34.4. The fraction of sp³-hybridized carbons (Fsp3) is 0.600. The van der Waals surface area contributed by atoms with Crippen molar-refractivity contribution in [2.24, 2.45) is 0 Å². The molecule has 0 spiro atoms. The van der Waals surface area contributed by atoms with Gasteiger partial charge in [0.15, 0.2) is 5.82 Å². The Morgan fingerprint density at radius 3 is 2.53 bits per heavy atom. The van der Waals surface area contributed by atoms with Crippen molar-refractivity contribution in [2.45, 2.75) is 77.4 Å². The Morgan fingerprint density at radius 2 is 1.85 bits per heavy atom. The zero-order valence-corrected chi connectivity index (χ0v) is 20.6. The highest BCUT2D eigenvalue weighted by atomic mass is 16.6. The molecule has 2 aliphatic heterocycles. The zero-order valence-electron chi connectivity index (χ0n) is 20.6. The Balaban J connectivity index is 1.36. The van der Waals surface area contributed by atoms with E-state index in [1.807, 2.05) is 50.8 Å². The van der Waals surface area contributed by atoms with E-state index in [0.29, 0.717) is 32.0 Å². The fourth-order valence-electron chi connectivity index (χ4n) is 4.70. The number of hydrogen-bond acceptors (Lipinski definition) is 6. The number of anilines is 2. The van der Waals surface area contributed by atoms with Crippen molar-refractivity contribution in [3.05, 3.63) is 35.7 Å². The van der Waals surface area contributed by atoms with Gasteiger partial charge < -0.3 is 15.0 Å². The van der Waals surface area contributed by atoms with Crippen molar-refractivity contribution in [1.82, 2.24) is 25.0 Å². The maximum absolute atomic E-state index is 13.4. The molecule has 0 radical (unpaired) electrons. The highest BCUT2D eigenvalue weighted by molar-refractivity contribution is 5.86. The molecule has 4 heterocycles. The first-order valence-electron chi connectivity index (χ1n) is 12.2. The molecule has 1 atom stereocenters. The summed E-state index contributed by atoms with van der Waals surface area (Å²) in [6.07, 6.45) is 3.86. The van der Waals surface area contributed by atoms with Crippen molar-refractivity contribution in [2.75, 3.05) is 25.0 Å². The predicted molar refractivity (Wildman–Crippen MR) is 130 cm³/mol. The highest BCUT2D eigenvalue weighted by Crippen LogP contribution is 2.30. The molecule has 0 aromatic carbocycles. The SMILES string of the molecule is Cc1cc(Nc2cccc(C3CCN(C(=O)[C@@H]4CCCCN4C(=O)OC(C)(C)C)CC3)n2)n[nH]1. The number of carbonyl (C=O) groups is 2. The van der Waals surface area contributed by atoms with Crippen LogP contribution in [0.4, 0.5) is 16.4 Å². The lowest BCUT2D eigenvalue weighted by atomic mass is 9.92. The molecule has 2 fully saturated rings. The first kappa shape index (κ1) is 24.0. The number of aromatic amines is 1. The number of amides is 2. The van der Waals surface area contributed by atoms with Crippen molar-refractivity contribution in [1.29, 1.82) is 0 Å². The van der Waals surface area contributed by atoms with Crippen LogP contribution in [0.5, 0.6) is 0 Å². The third kappa shape index (κ3) is 5.87. The Hall–Kier alpha value is -3.10. The van der Waals surface area contributed by atoms with Crippen molar-refractivity contribution in [3.63, 3.8) is 0 Å². The number of carbonyl (C=O) groups excluding carboxylic acids is 2. The van der Waals surface area contributed by atoms with Crippen LogP contribution in [0.25, 0.3) is 0 Å². The smallest absolute Gasteiger partial charge is 0.410 e. The summed E-state index contributed by atoms with van der Waals surface area (Å²) in [6.45, 7) is 9.42. The molecular weight excluding hydrogens is 432 g/mol. The van der Waals surface area contributed by atoms with E-state index in [1.54, 1.807) is 4.90 Å². The van der Waals surface area contributed by atoms with Gasteiger partial charge in [-0.2, -0.15) is 5.10 Å². The Morgan fingerprint density at radius 1 is 1.09 bits per heavy atom. The maximum Gasteiger partial charge on any atom is 0.410 e. The van der Waals surface area contributed by atoms with Crippen LogP contribution in [0.1, 0.15) is 70.2 Å². The van der Waals surface area contributed by atoms with Gasteiger partial charge in [0.25, 0.3) is 0 Å². The van der Waals surface area contributed by atoms with Gasteiger partial charge in [0.05, 0.1) is 0 Å². The van der Waals surface area contributed by atoms with E-state index in [2.05, 4.69) is 21.6 Å². The summed E-state index contributed by atoms with van der Waals surface area (Å²) < 4.78 is 5.57. The molecule has 2 aliphatic rings. The lowest BCUT2D eigenvalue weighted by Crippen LogP contribution is -2.55. The number of rotatable bonds is 4. The van der Waals surface area contributed by atoms with Gasteiger partial charge in [0, 0.05) is 43.0 Å². The number of likely N-dealkylation sites (tertiary alicyclic amines) is 2. The number of aromatic nitrogens is 3. The number of nitrogens with one attached hydrogen (secondary N) is 2. The Kier molecular flexibility index (Phi) is 7.09. The minimum Gasteiger partial charge on any atom is -0.444 e. The van der Waals surface area contributed by atoms with Gasteiger partial charge in [-0.1, -0.05) is 6.07 Å². The Labute approximate surface area is 201 Å². The largest absolute Gasteiger partial charge is 0.444 e. The number of ether oxygens (including phenoxy) is 1. The molecule has 184 valence electrons. The van der Waals surface area contributed by atoms with Crippen LogP contribution < -0.4 is 5.32 Å². The second kappa shape index (κ2) is 10.0. The van der Waals surface area contributed by atoms with Crippen LogP contribution in [0.3, 0.4) is 0 Å². The van der Waals surface area contributed by atoms with Crippen LogP contribution in [0, 0.1) is 6.92 Å². The van der Waals surface area contributed by atoms with Crippen LogP contribution in [-0.2, 0) is 9.53 Å². The van der Waals surface area contributed by atoms with E-state index >= 15 is 0 Å². The van der Waals surface area contributed by atoms with Gasteiger partial charge >= 0.3 is 6.09 Å². The minimum atomic E-state index is -0.577. The molecule has 2 saturated heterocycles. The predicted octanol–water partition coefficient (Wildman–Crippen LogP) is 4.35. The van der Waals surface area contributed by atoms with Gasteiger partial charge in [0.2, 0.25) is 5.91 Å². The first-order valence-corrected chi connectivity index (χ1v) is 12.2. The van der Waals surface area contributed by atoms with Crippen LogP contribution in [-0.4, -0.2) is 68.3 Å². The topological polar surface area (TPSA) is 103 Å². The molecule has 2 N–H and O–H groups in total. The number of H-pyrrole nitrogens is 1. The van der Waals surface area contributed by atoms with E-state index < -0.39 is 11.6 Å². The van der Waals surface area contributed by atoms with E-state index in [9.17, 15) is 9.59 Å². The average molecular weight is 469 g/mol. The van der Waals surface area contributed by atoms with Gasteiger partial charge in [-0.25, -0.2) is 9.78 Å². The van der Waals surface area contributed by atoms with Gasteiger partial charge in [-0.3, -0.25) is 14.8 Å². The standard InChI is InChI=1S/C25H36N6O3/c1-17-16-22(29-28-17)27-21-10-7-8-19(26-21)18-11-14-30(15-12-18)23(32)20-9-5-6-13-31(20)24(33)34-25(2,3)4/h7-8,10,16,18,20H,5-6,9,11-15H2,1-4H3,(H2,26,27,28,29)/t20-/m0/s1. The number of nitrogens with zero attached hydrogens (tertiary/aromatic N) is 4. The van der Waals surface area contributed by atoms with Gasteiger partial charge in [0.1, 0.15) is 17.5 Å². The summed E-state index contributed by atoms with van der Waals surface area (Å²) in [6, 6.07) is 7.49. The molecule has 2 aromatic heterocycles. The van der Waals surface area contributed by atoms with Crippen molar-refractivity contribution >= 4 is 23.6 Å². The van der Waals surface area contributed by atoms with Crippen molar-refractivity contribution < 1.29 is 14.3 Å². The molecule has 9 heteroatoms. The third-order valence-electron chi connectivity index (χ3n) is 6.37. The number of pyridine rings is 1. The molecular formula is C25H36N6O3. The summed E-state index contributed by atoms with van der Waals surface area (Å²) in [7, 11) is 0. The molecule has 4 rings (SSSR count). The molecule has 2 aromatic rings. The molecule has 0 unspecified atom stereocenters. The van der Waals surface area contributed by atoms with Gasteiger partial charge in [-0.15, -0.1) is 0 Å². The molecule has 0 aliphatic carbocycles. The maximum atomic E-state index is 13.4.